The van der Waals surface area contributed by atoms with Crippen LogP contribution in [0.5, 0.6) is 0 Å². The number of nitrogens with one attached hydrogen (secondary N) is 1. The molecule has 0 bridgehead atoms. The fourth-order valence-electron chi connectivity index (χ4n) is 3.48. The molecule has 0 aliphatic carbocycles. The Hall–Kier alpha value is -2.11. The maximum atomic E-state index is 9.85. The first-order valence-corrected chi connectivity index (χ1v) is 8.46. The van der Waals surface area contributed by atoms with E-state index in [0.717, 1.165) is 47.6 Å². The van der Waals surface area contributed by atoms with E-state index in [9.17, 15) is 5.21 Å². The predicted octanol–water partition coefficient (Wildman–Crippen LogP) is 4.50. The Labute approximate surface area is 158 Å². The maximum Gasteiger partial charge on any atom is 0.0993 e. The SMILES string of the molecule is Br.On1cc(C2CCNCC2)c(-c2ccc(-c3ccccc3)cc2)n1. The summed E-state index contributed by atoms with van der Waals surface area (Å²) in [5.41, 5.74) is 5.48. The van der Waals surface area contributed by atoms with Gasteiger partial charge in [-0.3, -0.25) is 0 Å². The molecule has 0 radical (unpaired) electrons. The second-order valence-electron chi connectivity index (χ2n) is 6.32. The van der Waals surface area contributed by atoms with Crippen LogP contribution in [0.1, 0.15) is 24.3 Å². The van der Waals surface area contributed by atoms with E-state index in [1.54, 1.807) is 6.20 Å². The lowest BCUT2D eigenvalue weighted by molar-refractivity contribution is 0.149. The van der Waals surface area contributed by atoms with Crippen molar-refractivity contribution in [2.24, 2.45) is 0 Å². The second-order valence-corrected chi connectivity index (χ2v) is 6.32. The van der Waals surface area contributed by atoms with Crippen LogP contribution in [0, 0.1) is 0 Å². The molecule has 5 heteroatoms. The van der Waals surface area contributed by atoms with E-state index in [1.165, 1.54) is 11.1 Å². The van der Waals surface area contributed by atoms with Gasteiger partial charge in [0, 0.05) is 11.1 Å². The van der Waals surface area contributed by atoms with Gasteiger partial charge in [-0.2, -0.15) is 0 Å². The van der Waals surface area contributed by atoms with Crippen LogP contribution in [0.2, 0.25) is 0 Å². The number of benzene rings is 2. The van der Waals surface area contributed by atoms with Crippen LogP contribution in [-0.4, -0.2) is 28.2 Å². The lowest BCUT2D eigenvalue weighted by atomic mass is 9.89. The van der Waals surface area contributed by atoms with Gasteiger partial charge in [-0.1, -0.05) is 54.6 Å². The molecule has 0 amide bonds. The Morgan fingerprint density at radius 1 is 0.880 bits per heavy atom. The molecule has 0 saturated carbocycles. The second kappa shape index (κ2) is 7.85. The summed E-state index contributed by atoms with van der Waals surface area (Å²) in [6, 6.07) is 18.8. The van der Waals surface area contributed by atoms with E-state index in [0.29, 0.717) is 5.92 Å². The molecule has 1 aliphatic rings. The number of nitrogens with zero attached hydrogens (tertiary/aromatic N) is 2. The third-order valence-electron chi connectivity index (χ3n) is 4.77. The van der Waals surface area contributed by atoms with Crippen molar-refractivity contribution in [3.63, 3.8) is 0 Å². The van der Waals surface area contributed by atoms with E-state index in [2.05, 4.69) is 46.8 Å². The number of rotatable bonds is 3. The van der Waals surface area contributed by atoms with Gasteiger partial charge in [0.05, 0.1) is 11.9 Å². The van der Waals surface area contributed by atoms with Crippen LogP contribution in [-0.2, 0) is 0 Å². The van der Waals surface area contributed by atoms with E-state index >= 15 is 0 Å². The average Bonchev–Trinajstić information content (AvgIpc) is 3.05. The highest BCUT2D eigenvalue weighted by Crippen LogP contribution is 2.33. The molecular weight excluding hydrogens is 378 g/mol. The standard InChI is InChI=1S/C20H21N3O.BrH/c24-23-14-19(17-10-12-21-13-11-17)20(22-23)18-8-6-16(7-9-18)15-4-2-1-3-5-15;/h1-9,14,17,21,24H,10-13H2;1H. The minimum absolute atomic E-state index is 0. The summed E-state index contributed by atoms with van der Waals surface area (Å²) in [4.78, 5) is 0.956. The van der Waals surface area contributed by atoms with Gasteiger partial charge in [-0.15, -0.1) is 26.9 Å². The summed E-state index contributed by atoms with van der Waals surface area (Å²) in [6.45, 7) is 2.04. The van der Waals surface area contributed by atoms with Crippen LogP contribution in [0.15, 0.2) is 60.8 Å². The monoisotopic (exact) mass is 399 g/mol. The Kier molecular flexibility index (Phi) is 5.56. The molecule has 1 saturated heterocycles. The Morgan fingerprint density at radius 2 is 1.48 bits per heavy atom. The van der Waals surface area contributed by atoms with Gasteiger partial charge in [-0.05, 0) is 43.0 Å². The number of aromatic nitrogens is 2. The Bertz CT molecular complexity index is 809. The first-order valence-electron chi connectivity index (χ1n) is 8.46. The fourth-order valence-corrected chi connectivity index (χ4v) is 3.48. The topological polar surface area (TPSA) is 50.1 Å². The van der Waals surface area contributed by atoms with Crippen molar-refractivity contribution in [2.75, 3.05) is 13.1 Å². The first-order chi connectivity index (χ1) is 11.8. The van der Waals surface area contributed by atoms with Gasteiger partial charge < -0.3 is 10.5 Å². The highest BCUT2D eigenvalue weighted by atomic mass is 79.9. The quantitative estimate of drug-likeness (QED) is 0.637. The Balaban J connectivity index is 0.00000182. The smallest absolute Gasteiger partial charge is 0.0993 e. The van der Waals surface area contributed by atoms with Gasteiger partial charge >= 0.3 is 0 Å². The highest BCUT2D eigenvalue weighted by molar-refractivity contribution is 8.93. The van der Waals surface area contributed by atoms with E-state index in [4.69, 9.17) is 0 Å². The molecule has 1 aromatic heterocycles. The zero-order valence-corrected chi connectivity index (χ0v) is 15.6. The molecule has 1 aliphatic heterocycles. The van der Waals surface area contributed by atoms with Gasteiger partial charge in [0.2, 0.25) is 0 Å². The molecule has 3 aromatic rings. The zero-order valence-electron chi connectivity index (χ0n) is 13.9. The third-order valence-corrected chi connectivity index (χ3v) is 4.77. The fraction of sp³-hybridized carbons (Fsp3) is 0.250. The number of hydrogen-bond acceptors (Lipinski definition) is 3. The van der Waals surface area contributed by atoms with E-state index in [1.807, 2.05) is 18.2 Å². The summed E-state index contributed by atoms with van der Waals surface area (Å²) in [5.74, 6) is 0.455. The molecule has 2 aromatic carbocycles. The van der Waals surface area contributed by atoms with Crippen LogP contribution >= 0.6 is 17.0 Å². The van der Waals surface area contributed by atoms with Gasteiger partial charge in [0.25, 0.3) is 0 Å². The molecule has 0 atom stereocenters. The van der Waals surface area contributed by atoms with Gasteiger partial charge in [0.15, 0.2) is 0 Å². The van der Waals surface area contributed by atoms with Crippen LogP contribution in [0.25, 0.3) is 22.4 Å². The van der Waals surface area contributed by atoms with Crippen molar-refractivity contribution in [1.82, 2.24) is 15.3 Å². The lowest BCUT2D eigenvalue weighted by Crippen LogP contribution is -2.26. The van der Waals surface area contributed by atoms with E-state index < -0.39 is 0 Å². The predicted molar refractivity (Wildman–Crippen MR) is 105 cm³/mol. The molecule has 4 rings (SSSR count). The van der Waals surface area contributed by atoms with Crippen molar-refractivity contribution in [3.05, 3.63) is 66.4 Å². The summed E-state index contributed by atoms with van der Waals surface area (Å²) >= 11 is 0. The number of hydrogen-bond donors (Lipinski definition) is 2. The van der Waals surface area contributed by atoms with Crippen molar-refractivity contribution in [3.8, 4) is 22.4 Å². The largest absolute Gasteiger partial charge is 0.412 e. The molecule has 130 valence electrons. The summed E-state index contributed by atoms with van der Waals surface area (Å²) in [6.07, 6.45) is 3.93. The first kappa shape index (κ1) is 17.7. The molecule has 2 heterocycles. The van der Waals surface area contributed by atoms with Crippen molar-refractivity contribution >= 4 is 17.0 Å². The summed E-state index contributed by atoms with van der Waals surface area (Å²) < 4.78 is 0. The van der Waals surface area contributed by atoms with Crippen LogP contribution in [0.3, 0.4) is 0 Å². The number of halogens is 1. The van der Waals surface area contributed by atoms with Crippen molar-refractivity contribution in [1.29, 1.82) is 0 Å². The molecule has 4 nitrogen and oxygen atoms in total. The minimum Gasteiger partial charge on any atom is -0.412 e. The van der Waals surface area contributed by atoms with Crippen LogP contribution < -0.4 is 5.32 Å². The molecule has 1 fully saturated rings. The van der Waals surface area contributed by atoms with Crippen molar-refractivity contribution < 1.29 is 5.21 Å². The normalized spacial score (nSPS) is 14.9. The summed E-state index contributed by atoms with van der Waals surface area (Å²) in [7, 11) is 0. The molecule has 25 heavy (non-hydrogen) atoms. The van der Waals surface area contributed by atoms with Gasteiger partial charge in [-0.25, -0.2) is 0 Å². The van der Waals surface area contributed by atoms with E-state index in [-0.39, 0.29) is 17.0 Å². The van der Waals surface area contributed by atoms with Gasteiger partial charge in [0.1, 0.15) is 0 Å². The minimum atomic E-state index is 0. The molecular formula is C20H22BrN3O. The average molecular weight is 400 g/mol. The third kappa shape index (κ3) is 3.78. The Morgan fingerprint density at radius 3 is 2.16 bits per heavy atom. The molecule has 2 N–H and O–H groups in total. The summed E-state index contributed by atoms with van der Waals surface area (Å²) in [5, 5.41) is 17.5. The van der Waals surface area contributed by atoms with Crippen LogP contribution in [0.4, 0.5) is 0 Å². The zero-order chi connectivity index (χ0) is 16.4. The number of piperidine rings is 1. The lowest BCUT2D eigenvalue weighted by Gasteiger charge is -2.22. The molecule has 0 spiro atoms. The molecule has 0 unspecified atom stereocenters. The maximum absolute atomic E-state index is 9.85. The highest BCUT2D eigenvalue weighted by Gasteiger charge is 2.22. The van der Waals surface area contributed by atoms with Crippen molar-refractivity contribution in [2.45, 2.75) is 18.8 Å².